The lowest BCUT2D eigenvalue weighted by atomic mass is 9.85. The van der Waals surface area contributed by atoms with Crippen molar-refractivity contribution >= 4 is 17.5 Å². The summed E-state index contributed by atoms with van der Waals surface area (Å²) in [5.41, 5.74) is 2.00. The number of hydrogen-bond donors (Lipinski definition) is 2. The van der Waals surface area contributed by atoms with E-state index in [0.29, 0.717) is 0 Å². The molecule has 1 aromatic rings. The number of anilines is 1. The van der Waals surface area contributed by atoms with Crippen LogP contribution in [0.4, 0.5) is 5.69 Å². The van der Waals surface area contributed by atoms with Gasteiger partial charge in [-0.1, -0.05) is 25.5 Å². The number of carbonyl (C=O) groups is 2. The van der Waals surface area contributed by atoms with Crippen LogP contribution in [0.15, 0.2) is 24.3 Å². The molecule has 2 rings (SSSR count). The first kappa shape index (κ1) is 13.6. The van der Waals surface area contributed by atoms with Gasteiger partial charge in [0.05, 0.1) is 6.54 Å². The van der Waals surface area contributed by atoms with E-state index < -0.39 is 0 Å². The topological polar surface area (TPSA) is 58.2 Å². The highest BCUT2D eigenvalue weighted by Gasteiger charge is 2.25. The summed E-state index contributed by atoms with van der Waals surface area (Å²) in [5, 5.41) is 5.45. The number of rotatable bonds is 5. The van der Waals surface area contributed by atoms with E-state index in [4.69, 9.17) is 0 Å². The number of aryl methyl sites for hydroxylation is 1. The monoisotopic (exact) mass is 260 g/mol. The van der Waals surface area contributed by atoms with Crippen molar-refractivity contribution < 1.29 is 9.59 Å². The molecule has 0 unspecified atom stereocenters. The Kier molecular flexibility index (Phi) is 4.55. The van der Waals surface area contributed by atoms with Gasteiger partial charge in [-0.15, -0.1) is 0 Å². The van der Waals surface area contributed by atoms with Crippen LogP contribution in [0, 0.1) is 5.92 Å². The highest BCUT2D eigenvalue weighted by molar-refractivity contribution is 5.94. The van der Waals surface area contributed by atoms with Crippen LogP contribution in [0.1, 0.15) is 31.7 Å². The summed E-state index contributed by atoms with van der Waals surface area (Å²) in [7, 11) is 0. The number of carbonyl (C=O) groups excluding carboxylic acids is 2. The van der Waals surface area contributed by atoms with Gasteiger partial charge in [0.1, 0.15) is 0 Å². The molecule has 0 spiro atoms. The van der Waals surface area contributed by atoms with Gasteiger partial charge in [0.2, 0.25) is 11.8 Å². The molecule has 0 atom stereocenters. The summed E-state index contributed by atoms with van der Waals surface area (Å²) in [4.78, 5) is 23.2. The number of amides is 2. The highest BCUT2D eigenvalue weighted by atomic mass is 16.2. The quantitative estimate of drug-likeness (QED) is 0.851. The average molecular weight is 260 g/mol. The normalized spacial score (nSPS) is 14.6. The van der Waals surface area contributed by atoms with Gasteiger partial charge in [0.15, 0.2) is 0 Å². The molecule has 1 saturated carbocycles. The summed E-state index contributed by atoms with van der Waals surface area (Å²) in [6, 6.07) is 7.74. The summed E-state index contributed by atoms with van der Waals surface area (Å²) in [6.45, 7) is 2.13. The third-order valence-corrected chi connectivity index (χ3v) is 3.55. The Morgan fingerprint density at radius 1 is 1.21 bits per heavy atom. The Labute approximate surface area is 113 Å². The van der Waals surface area contributed by atoms with Crippen LogP contribution in [0.25, 0.3) is 0 Å². The maximum atomic E-state index is 11.7. The Hall–Kier alpha value is -1.84. The zero-order valence-electron chi connectivity index (χ0n) is 11.2. The van der Waals surface area contributed by atoms with Gasteiger partial charge < -0.3 is 10.6 Å². The second-order valence-electron chi connectivity index (χ2n) is 4.94. The smallest absolute Gasteiger partial charge is 0.243 e. The van der Waals surface area contributed by atoms with Gasteiger partial charge in [-0.3, -0.25) is 9.59 Å². The Bertz CT molecular complexity index is 450. The maximum absolute atomic E-state index is 11.7. The van der Waals surface area contributed by atoms with Gasteiger partial charge >= 0.3 is 0 Å². The third-order valence-electron chi connectivity index (χ3n) is 3.55. The second-order valence-corrected chi connectivity index (χ2v) is 4.94. The van der Waals surface area contributed by atoms with E-state index in [1.165, 1.54) is 5.56 Å². The first-order valence-corrected chi connectivity index (χ1v) is 6.85. The van der Waals surface area contributed by atoms with Crippen molar-refractivity contribution in [2.45, 2.75) is 32.6 Å². The van der Waals surface area contributed by atoms with Gasteiger partial charge in [0.25, 0.3) is 0 Å². The van der Waals surface area contributed by atoms with Crippen molar-refractivity contribution in [3.63, 3.8) is 0 Å². The van der Waals surface area contributed by atoms with Crippen LogP contribution < -0.4 is 10.6 Å². The summed E-state index contributed by atoms with van der Waals surface area (Å²) >= 11 is 0. The Morgan fingerprint density at radius 3 is 2.42 bits per heavy atom. The van der Waals surface area contributed by atoms with Crippen LogP contribution in [-0.2, 0) is 16.0 Å². The SMILES string of the molecule is CCc1ccc(NC(=O)CNC(=O)C2CCC2)cc1. The first-order valence-electron chi connectivity index (χ1n) is 6.85. The largest absolute Gasteiger partial charge is 0.347 e. The molecule has 1 aromatic carbocycles. The Morgan fingerprint density at radius 2 is 1.89 bits per heavy atom. The molecule has 0 bridgehead atoms. The van der Waals surface area contributed by atoms with E-state index >= 15 is 0 Å². The van der Waals surface area contributed by atoms with Gasteiger partial charge in [-0.2, -0.15) is 0 Å². The van der Waals surface area contributed by atoms with Gasteiger partial charge in [-0.25, -0.2) is 0 Å². The van der Waals surface area contributed by atoms with Crippen molar-refractivity contribution in [1.29, 1.82) is 0 Å². The van der Waals surface area contributed by atoms with E-state index in [9.17, 15) is 9.59 Å². The van der Waals surface area contributed by atoms with Gasteiger partial charge in [0, 0.05) is 11.6 Å². The maximum Gasteiger partial charge on any atom is 0.243 e. The minimum Gasteiger partial charge on any atom is -0.347 e. The van der Waals surface area contributed by atoms with E-state index in [0.717, 1.165) is 31.4 Å². The molecule has 1 aliphatic carbocycles. The van der Waals surface area contributed by atoms with E-state index in [-0.39, 0.29) is 24.3 Å². The minimum absolute atomic E-state index is 0.00253. The minimum atomic E-state index is -0.183. The number of hydrogen-bond acceptors (Lipinski definition) is 2. The molecular formula is C15H20N2O2. The fraction of sp³-hybridized carbons (Fsp3) is 0.467. The zero-order valence-corrected chi connectivity index (χ0v) is 11.2. The first-order chi connectivity index (χ1) is 9.19. The number of benzene rings is 1. The van der Waals surface area contributed by atoms with Gasteiger partial charge in [-0.05, 0) is 37.0 Å². The van der Waals surface area contributed by atoms with Crippen LogP contribution in [0.2, 0.25) is 0 Å². The molecule has 0 aliphatic heterocycles. The van der Waals surface area contributed by atoms with E-state index in [1.54, 1.807) is 0 Å². The molecular weight excluding hydrogens is 240 g/mol. The van der Waals surface area contributed by atoms with Crippen molar-refractivity contribution in [3.05, 3.63) is 29.8 Å². The van der Waals surface area contributed by atoms with Crippen LogP contribution >= 0.6 is 0 Å². The van der Waals surface area contributed by atoms with Crippen LogP contribution in [0.5, 0.6) is 0 Å². The molecule has 1 aliphatic rings. The lowest BCUT2D eigenvalue weighted by molar-refractivity contribution is -0.129. The second kappa shape index (κ2) is 6.36. The summed E-state index contributed by atoms with van der Waals surface area (Å²) < 4.78 is 0. The molecule has 2 N–H and O–H groups in total. The standard InChI is InChI=1S/C15H20N2O2/c1-2-11-6-8-13(9-7-11)17-14(18)10-16-15(19)12-4-3-5-12/h6-9,12H,2-5,10H2,1H3,(H,16,19)(H,17,18). The fourth-order valence-electron chi connectivity index (χ4n) is 2.01. The van der Waals surface area contributed by atoms with Crippen molar-refractivity contribution in [3.8, 4) is 0 Å². The number of nitrogens with one attached hydrogen (secondary N) is 2. The fourth-order valence-corrected chi connectivity index (χ4v) is 2.01. The Balaban J connectivity index is 1.75. The lowest BCUT2D eigenvalue weighted by Crippen LogP contribution is -2.39. The zero-order chi connectivity index (χ0) is 13.7. The summed E-state index contributed by atoms with van der Waals surface area (Å²) in [5.74, 6) is -0.0590. The van der Waals surface area contributed by atoms with E-state index in [2.05, 4.69) is 17.6 Å². The predicted octanol–water partition coefficient (Wildman–Crippen LogP) is 2.10. The third kappa shape index (κ3) is 3.81. The van der Waals surface area contributed by atoms with Crippen molar-refractivity contribution in [2.75, 3.05) is 11.9 Å². The molecule has 0 saturated heterocycles. The summed E-state index contributed by atoms with van der Waals surface area (Å²) in [6.07, 6.45) is 4.00. The molecule has 102 valence electrons. The highest BCUT2D eigenvalue weighted by Crippen LogP contribution is 2.25. The predicted molar refractivity (Wildman–Crippen MR) is 74.8 cm³/mol. The molecule has 2 amide bonds. The van der Waals surface area contributed by atoms with E-state index in [1.807, 2.05) is 24.3 Å². The lowest BCUT2D eigenvalue weighted by Gasteiger charge is -2.23. The molecule has 0 heterocycles. The molecule has 4 heteroatoms. The molecule has 4 nitrogen and oxygen atoms in total. The molecule has 1 fully saturated rings. The van der Waals surface area contributed by atoms with Crippen molar-refractivity contribution in [1.82, 2.24) is 5.32 Å². The average Bonchev–Trinajstić information content (AvgIpc) is 2.35. The van der Waals surface area contributed by atoms with Crippen LogP contribution in [0.3, 0.4) is 0 Å². The van der Waals surface area contributed by atoms with Crippen LogP contribution in [-0.4, -0.2) is 18.4 Å². The van der Waals surface area contributed by atoms with Crippen molar-refractivity contribution in [2.24, 2.45) is 5.92 Å². The molecule has 19 heavy (non-hydrogen) atoms. The molecule has 0 aromatic heterocycles. The molecule has 0 radical (unpaired) electrons.